The lowest BCUT2D eigenvalue weighted by molar-refractivity contribution is -0.136. The molecule has 0 spiro atoms. The molecule has 3 heterocycles. The number of carbonyl (C=O) groups is 9. The van der Waals surface area contributed by atoms with Crippen LogP contribution in [0.3, 0.4) is 0 Å². The van der Waals surface area contributed by atoms with Crippen molar-refractivity contribution in [3.05, 3.63) is 59.2 Å². The Morgan fingerprint density at radius 1 is 0.545 bits per heavy atom. The summed E-state index contributed by atoms with van der Waals surface area (Å²) in [6, 6.07) is 2.73. The van der Waals surface area contributed by atoms with Crippen LogP contribution in [-0.4, -0.2) is 67.9 Å². The maximum Gasteiger partial charge on any atom is 0.268 e. The molecule has 0 bridgehead atoms. The predicted octanol–water partition coefficient (Wildman–Crippen LogP) is -0.894. The molecule has 33 heavy (non-hydrogen) atoms. The van der Waals surface area contributed by atoms with Gasteiger partial charge in [0, 0.05) is 42.7 Å². The monoisotopic (exact) mass is 449 g/mol. The second kappa shape index (κ2) is 7.67. The van der Waals surface area contributed by atoms with Gasteiger partial charge >= 0.3 is 0 Å². The van der Waals surface area contributed by atoms with E-state index in [4.69, 9.17) is 0 Å². The van der Waals surface area contributed by atoms with Crippen LogP contribution in [0.15, 0.2) is 42.5 Å². The van der Waals surface area contributed by atoms with Gasteiger partial charge in [-0.3, -0.25) is 43.2 Å². The van der Waals surface area contributed by atoms with Gasteiger partial charge in [0.05, 0.1) is 11.1 Å². The molecule has 12 heteroatoms. The highest BCUT2D eigenvalue weighted by Crippen LogP contribution is 2.23. The molecule has 3 aliphatic rings. The fraction of sp³-hybridized carbons (Fsp3) is 0.0952. The van der Waals surface area contributed by atoms with Crippen molar-refractivity contribution >= 4 is 53.2 Å². The second-order valence-electron chi connectivity index (χ2n) is 6.99. The van der Waals surface area contributed by atoms with Gasteiger partial charge in [0.25, 0.3) is 41.4 Å². The van der Waals surface area contributed by atoms with Crippen LogP contribution in [0, 0.1) is 0 Å². The summed E-state index contributed by atoms with van der Waals surface area (Å²) in [4.78, 5) is 111. The Labute approximate surface area is 183 Å². The fourth-order valence-corrected chi connectivity index (χ4v) is 3.41. The molecule has 1 aromatic carbocycles. The van der Waals surface area contributed by atoms with Crippen molar-refractivity contribution in [1.82, 2.24) is 14.7 Å². The van der Waals surface area contributed by atoms with E-state index in [0.29, 0.717) is 4.90 Å². The van der Waals surface area contributed by atoms with Crippen LogP contribution in [0.1, 0.15) is 43.9 Å². The number of rotatable bonds is 3. The molecule has 12 nitrogen and oxygen atoms in total. The van der Waals surface area contributed by atoms with Crippen LogP contribution in [0.5, 0.6) is 0 Å². The van der Waals surface area contributed by atoms with Crippen LogP contribution >= 0.6 is 0 Å². The number of imide groups is 9. The smallest absolute Gasteiger partial charge is 0.268 e. The third-order valence-corrected chi connectivity index (χ3v) is 5.01. The summed E-state index contributed by atoms with van der Waals surface area (Å²) >= 11 is 0. The van der Waals surface area contributed by atoms with Gasteiger partial charge in [-0.15, -0.1) is 0 Å². The fourth-order valence-electron chi connectivity index (χ4n) is 3.41. The van der Waals surface area contributed by atoms with E-state index in [0.717, 1.165) is 42.5 Å². The van der Waals surface area contributed by atoms with Crippen LogP contribution < -0.4 is 0 Å². The van der Waals surface area contributed by atoms with Crippen molar-refractivity contribution in [2.75, 3.05) is 0 Å². The molecular weight excluding hydrogens is 438 g/mol. The Hall–Kier alpha value is -4.87. The van der Waals surface area contributed by atoms with Crippen LogP contribution in [-0.2, 0) is 28.8 Å². The van der Waals surface area contributed by atoms with Crippen molar-refractivity contribution in [2.45, 2.75) is 12.8 Å². The SMILES string of the molecule is O=C1C=CC(=O)N1C(=O)c1ccc(C(=O)N2C(=O)C=CC2=O)c(C(=O)N2C(=O)CCC2=O)c1. The van der Waals surface area contributed by atoms with Crippen LogP contribution in [0.2, 0.25) is 0 Å². The Morgan fingerprint density at radius 2 is 0.970 bits per heavy atom. The van der Waals surface area contributed by atoms with E-state index in [1.165, 1.54) is 0 Å². The van der Waals surface area contributed by atoms with Crippen molar-refractivity contribution in [2.24, 2.45) is 0 Å². The van der Waals surface area contributed by atoms with Crippen molar-refractivity contribution in [3.63, 3.8) is 0 Å². The highest BCUT2D eigenvalue weighted by Gasteiger charge is 2.40. The van der Waals surface area contributed by atoms with Gasteiger partial charge in [0.2, 0.25) is 11.8 Å². The van der Waals surface area contributed by atoms with Gasteiger partial charge in [-0.05, 0) is 18.2 Å². The number of hydrogen-bond donors (Lipinski definition) is 0. The average Bonchev–Trinajstić information content (AvgIpc) is 3.42. The molecule has 0 aliphatic carbocycles. The minimum Gasteiger partial charge on any atom is -0.274 e. The molecule has 4 rings (SSSR count). The predicted molar refractivity (Wildman–Crippen MR) is 103 cm³/mol. The van der Waals surface area contributed by atoms with Crippen molar-refractivity contribution in [3.8, 4) is 0 Å². The van der Waals surface area contributed by atoms with Gasteiger partial charge in [0.15, 0.2) is 0 Å². The summed E-state index contributed by atoms with van der Waals surface area (Å²) in [7, 11) is 0. The molecule has 164 valence electrons. The van der Waals surface area contributed by atoms with Gasteiger partial charge < -0.3 is 0 Å². The van der Waals surface area contributed by atoms with Crippen LogP contribution in [0.25, 0.3) is 0 Å². The minimum absolute atomic E-state index is 0.235. The summed E-state index contributed by atoms with van der Waals surface area (Å²) in [6.07, 6.45) is 2.91. The zero-order chi connectivity index (χ0) is 24.0. The largest absolute Gasteiger partial charge is 0.274 e. The molecule has 0 radical (unpaired) electrons. The standard InChI is InChI=1S/C21H11N3O9/c25-13-3-4-14(26)22(13)19(31)10-1-2-11(20(32)23-15(27)5-6-16(23)28)12(9-10)21(33)24-17(29)7-8-18(24)30/h1-6,9H,7-8H2. The summed E-state index contributed by atoms with van der Waals surface area (Å²) in [5, 5.41) is 0. The van der Waals surface area contributed by atoms with E-state index in [1.807, 2.05) is 0 Å². The van der Waals surface area contributed by atoms with E-state index in [1.54, 1.807) is 0 Å². The summed E-state index contributed by atoms with van der Waals surface area (Å²) in [6.45, 7) is 0. The van der Waals surface area contributed by atoms with E-state index < -0.39 is 69.9 Å². The van der Waals surface area contributed by atoms with Gasteiger partial charge in [-0.25, -0.2) is 14.7 Å². The quantitative estimate of drug-likeness (QED) is 0.532. The van der Waals surface area contributed by atoms with Crippen molar-refractivity contribution in [1.29, 1.82) is 0 Å². The number of amides is 9. The molecule has 1 saturated heterocycles. The molecule has 0 aromatic heterocycles. The molecule has 0 unspecified atom stereocenters. The maximum absolute atomic E-state index is 13.1. The molecule has 9 amide bonds. The van der Waals surface area contributed by atoms with E-state index in [-0.39, 0.29) is 22.6 Å². The number of carbonyl (C=O) groups excluding carboxylic acids is 9. The Morgan fingerprint density at radius 3 is 1.45 bits per heavy atom. The first-order valence-corrected chi connectivity index (χ1v) is 9.37. The molecule has 3 aliphatic heterocycles. The van der Waals surface area contributed by atoms with E-state index >= 15 is 0 Å². The Balaban J connectivity index is 1.80. The number of nitrogens with zero attached hydrogens (tertiary/aromatic N) is 3. The molecule has 0 N–H and O–H groups in total. The average molecular weight is 449 g/mol. The van der Waals surface area contributed by atoms with Gasteiger partial charge in [-0.2, -0.15) is 0 Å². The third kappa shape index (κ3) is 3.39. The second-order valence-corrected chi connectivity index (χ2v) is 6.99. The lowest BCUT2D eigenvalue weighted by atomic mass is 10.0. The zero-order valence-electron chi connectivity index (χ0n) is 16.5. The first kappa shape index (κ1) is 21.4. The van der Waals surface area contributed by atoms with E-state index in [9.17, 15) is 43.2 Å². The van der Waals surface area contributed by atoms with Gasteiger partial charge in [0.1, 0.15) is 0 Å². The number of likely N-dealkylation sites (tertiary alicyclic amines) is 1. The number of benzene rings is 1. The maximum atomic E-state index is 13.1. The molecule has 1 fully saturated rings. The van der Waals surface area contributed by atoms with E-state index in [2.05, 4.69) is 0 Å². The molecule has 0 saturated carbocycles. The third-order valence-electron chi connectivity index (χ3n) is 5.01. The highest BCUT2D eigenvalue weighted by molar-refractivity contribution is 6.29. The molecule has 1 aromatic rings. The summed E-state index contributed by atoms with van der Waals surface area (Å²) in [5.74, 6) is -9.11. The van der Waals surface area contributed by atoms with Crippen LogP contribution in [0.4, 0.5) is 0 Å². The first-order valence-electron chi connectivity index (χ1n) is 9.37. The van der Waals surface area contributed by atoms with Gasteiger partial charge in [-0.1, -0.05) is 0 Å². The first-order chi connectivity index (χ1) is 15.6. The Bertz CT molecular complexity index is 1250. The minimum atomic E-state index is -1.26. The zero-order valence-corrected chi connectivity index (χ0v) is 16.5. The summed E-state index contributed by atoms with van der Waals surface area (Å²) < 4.78 is 0. The topological polar surface area (TPSA) is 163 Å². The Kier molecular flexibility index (Phi) is 4.97. The normalized spacial score (nSPS) is 17.8. The number of hydrogen-bond acceptors (Lipinski definition) is 9. The molecule has 0 atom stereocenters. The molecular formula is C21H11N3O9. The highest BCUT2D eigenvalue weighted by atomic mass is 16.2. The van der Waals surface area contributed by atoms with Crippen molar-refractivity contribution < 1.29 is 43.2 Å². The summed E-state index contributed by atoms with van der Waals surface area (Å²) in [5.41, 5.74) is -1.59. The lowest BCUT2D eigenvalue weighted by Gasteiger charge is -2.19. The lowest BCUT2D eigenvalue weighted by Crippen LogP contribution is -2.40.